The highest BCUT2D eigenvalue weighted by atomic mass is 19.1. The Balaban J connectivity index is 1.76. The van der Waals surface area contributed by atoms with E-state index in [2.05, 4.69) is 17.6 Å². The standard InChI is InChI=1S/C17H18FN3O2/c1-2-13-7-9-21(10-8-13)12-17(23)19-11-16(22)20-15-5-3-14(18)4-6-15/h3-10H,2,11-12H2,1H3,(H-,19,20,22,23)/p+1. The minimum atomic E-state index is -0.373. The van der Waals surface area contributed by atoms with Crippen LogP contribution in [0.4, 0.5) is 10.1 Å². The number of aromatic nitrogens is 1. The summed E-state index contributed by atoms with van der Waals surface area (Å²) in [5.74, 6) is -0.993. The number of aryl methyl sites for hydroxylation is 1. The number of anilines is 1. The second-order valence-corrected chi connectivity index (χ2v) is 5.06. The first-order chi connectivity index (χ1) is 11.1. The molecule has 1 heterocycles. The summed E-state index contributed by atoms with van der Waals surface area (Å²) in [5.41, 5.74) is 1.68. The molecule has 0 radical (unpaired) electrons. The van der Waals surface area contributed by atoms with Gasteiger partial charge >= 0.3 is 0 Å². The van der Waals surface area contributed by atoms with Crippen LogP contribution in [0, 0.1) is 5.82 Å². The number of amides is 2. The van der Waals surface area contributed by atoms with Crippen LogP contribution in [0.1, 0.15) is 12.5 Å². The van der Waals surface area contributed by atoms with Gasteiger partial charge in [0, 0.05) is 17.8 Å². The van der Waals surface area contributed by atoms with E-state index in [-0.39, 0.29) is 30.7 Å². The highest BCUT2D eigenvalue weighted by Crippen LogP contribution is 2.07. The Morgan fingerprint density at radius 3 is 2.30 bits per heavy atom. The van der Waals surface area contributed by atoms with Crippen molar-refractivity contribution < 1.29 is 18.5 Å². The van der Waals surface area contributed by atoms with Crippen molar-refractivity contribution in [3.63, 3.8) is 0 Å². The molecule has 0 aliphatic carbocycles. The molecule has 2 N–H and O–H groups in total. The summed E-state index contributed by atoms with van der Waals surface area (Å²) >= 11 is 0. The average Bonchev–Trinajstić information content (AvgIpc) is 2.56. The van der Waals surface area contributed by atoms with Crippen molar-refractivity contribution in [2.45, 2.75) is 19.9 Å². The van der Waals surface area contributed by atoms with Crippen LogP contribution in [0.5, 0.6) is 0 Å². The number of carbonyl (C=O) groups is 2. The van der Waals surface area contributed by atoms with Gasteiger partial charge in [0.25, 0.3) is 5.91 Å². The lowest BCUT2D eigenvalue weighted by molar-refractivity contribution is -0.684. The molecule has 0 spiro atoms. The van der Waals surface area contributed by atoms with Crippen molar-refractivity contribution in [1.82, 2.24) is 5.32 Å². The zero-order valence-electron chi connectivity index (χ0n) is 12.9. The van der Waals surface area contributed by atoms with Gasteiger partial charge in [-0.05, 0) is 36.2 Å². The smallest absolute Gasteiger partial charge is 0.286 e. The summed E-state index contributed by atoms with van der Waals surface area (Å²) in [7, 11) is 0. The minimum Gasteiger partial charge on any atom is -0.342 e. The van der Waals surface area contributed by atoms with Crippen molar-refractivity contribution >= 4 is 17.5 Å². The maximum Gasteiger partial charge on any atom is 0.286 e. The molecule has 0 aliphatic rings. The first-order valence-electron chi connectivity index (χ1n) is 7.37. The highest BCUT2D eigenvalue weighted by molar-refractivity contribution is 5.94. The van der Waals surface area contributed by atoms with Crippen molar-refractivity contribution in [2.24, 2.45) is 0 Å². The van der Waals surface area contributed by atoms with E-state index < -0.39 is 0 Å². The second-order valence-electron chi connectivity index (χ2n) is 5.06. The molecule has 2 amide bonds. The van der Waals surface area contributed by atoms with Gasteiger partial charge in [-0.3, -0.25) is 9.59 Å². The lowest BCUT2D eigenvalue weighted by Crippen LogP contribution is -2.44. The van der Waals surface area contributed by atoms with Gasteiger partial charge in [-0.2, -0.15) is 4.57 Å². The number of rotatable bonds is 6. The first kappa shape index (κ1) is 16.6. The van der Waals surface area contributed by atoms with Gasteiger partial charge in [0.15, 0.2) is 12.4 Å². The van der Waals surface area contributed by atoms with Crippen molar-refractivity contribution in [1.29, 1.82) is 0 Å². The van der Waals surface area contributed by atoms with Gasteiger partial charge in [-0.25, -0.2) is 4.39 Å². The molecular formula is C17H19FN3O2+. The number of halogens is 1. The number of benzene rings is 1. The molecule has 1 aromatic carbocycles. The number of hydrogen-bond donors (Lipinski definition) is 2. The molecule has 0 bridgehead atoms. The highest BCUT2D eigenvalue weighted by Gasteiger charge is 2.11. The van der Waals surface area contributed by atoms with E-state index in [1.807, 2.05) is 24.5 Å². The Morgan fingerprint density at radius 2 is 1.70 bits per heavy atom. The van der Waals surface area contributed by atoms with Crippen molar-refractivity contribution in [2.75, 3.05) is 11.9 Å². The van der Waals surface area contributed by atoms with Crippen LogP contribution in [0.25, 0.3) is 0 Å². The third-order valence-electron chi connectivity index (χ3n) is 3.27. The zero-order valence-corrected chi connectivity index (χ0v) is 12.9. The third-order valence-corrected chi connectivity index (χ3v) is 3.27. The van der Waals surface area contributed by atoms with E-state index >= 15 is 0 Å². The Morgan fingerprint density at radius 1 is 1.04 bits per heavy atom. The van der Waals surface area contributed by atoms with Crippen LogP contribution in [-0.2, 0) is 22.6 Å². The fourth-order valence-electron chi connectivity index (χ4n) is 1.97. The topological polar surface area (TPSA) is 62.1 Å². The summed E-state index contributed by atoms with van der Waals surface area (Å²) in [6, 6.07) is 9.33. The van der Waals surface area contributed by atoms with Gasteiger partial charge in [0.05, 0.1) is 6.54 Å². The van der Waals surface area contributed by atoms with Gasteiger partial charge in [-0.1, -0.05) is 6.92 Å². The number of carbonyl (C=O) groups excluding carboxylic acids is 2. The molecule has 2 rings (SSSR count). The molecule has 0 saturated heterocycles. The fourth-order valence-corrected chi connectivity index (χ4v) is 1.97. The lowest BCUT2D eigenvalue weighted by atomic mass is 10.2. The Labute approximate surface area is 134 Å². The number of pyridine rings is 1. The lowest BCUT2D eigenvalue weighted by Gasteiger charge is -2.06. The molecule has 2 aromatic rings. The molecule has 0 unspecified atom stereocenters. The van der Waals surface area contributed by atoms with E-state index in [1.165, 1.54) is 29.8 Å². The first-order valence-corrected chi connectivity index (χ1v) is 7.37. The molecule has 23 heavy (non-hydrogen) atoms. The Bertz CT molecular complexity index is 669. The molecule has 120 valence electrons. The molecule has 6 heteroatoms. The number of hydrogen-bond acceptors (Lipinski definition) is 2. The summed E-state index contributed by atoms with van der Waals surface area (Å²) < 4.78 is 14.5. The van der Waals surface area contributed by atoms with Crippen LogP contribution in [0.3, 0.4) is 0 Å². The van der Waals surface area contributed by atoms with Crippen molar-refractivity contribution in [3.05, 3.63) is 60.2 Å². The van der Waals surface area contributed by atoms with Gasteiger partial charge < -0.3 is 10.6 Å². The Hall–Kier alpha value is -2.76. The van der Waals surface area contributed by atoms with Gasteiger partial charge in [-0.15, -0.1) is 0 Å². The summed E-state index contributed by atoms with van der Waals surface area (Å²) in [6.07, 6.45) is 4.60. The minimum absolute atomic E-state index is 0.135. The summed E-state index contributed by atoms with van der Waals surface area (Å²) in [6.45, 7) is 2.07. The largest absolute Gasteiger partial charge is 0.342 e. The average molecular weight is 316 g/mol. The predicted octanol–water partition coefficient (Wildman–Crippen LogP) is 1.43. The Kier molecular flexibility index (Phi) is 5.80. The monoisotopic (exact) mass is 316 g/mol. The van der Waals surface area contributed by atoms with Crippen LogP contribution in [0.2, 0.25) is 0 Å². The normalized spacial score (nSPS) is 10.2. The van der Waals surface area contributed by atoms with E-state index in [1.54, 1.807) is 4.57 Å². The zero-order chi connectivity index (χ0) is 16.7. The maximum absolute atomic E-state index is 12.8. The molecular weight excluding hydrogens is 297 g/mol. The molecule has 0 atom stereocenters. The van der Waals surface area contributed by atoms with E-state index in [0.29, 0.717) is 5.69 Å². The summed E-state index contributed by atoms with van der Waals surface area (Å²) in [4.78, 5) is 23.5. The molecule has 0 saturated carbocycles. The van der Waals surface area contributed by atoms with E-state index in [9.17, 15) is 14.0 Å². The SMILES string of the molecule is CCc1cc[n+](CC(=O)NCC(=O)Nc2ccc(F)cc2)cc1. The van der Waals surface area contributed by atoms with Gasteiger partial charge in [0.1, 0.15) is 5.82 Å². The quantitative estimate of drug-likeness (QED) is 0.792. The maximum atomic E-state index is 12.8. The van der Waals surface area contributed by atoms with Crippen LogP contribution >= 0.6 is 0 Å². The molecule has 0 fully saturated rings. The molecule has 0 aliphatic heterocycles. The second kappa shape index (κ2) is 8.03. The van der Waals surface area contributed by atoms with Crippen LogP contribution in [0.15, 0.2) is 48.8 Å². The number of nitrogens with one attached hydrogen (secondary N) is 2. The van der Waals surface area contributed by atoms with Crippen molar-refractivity contribution in [3.8, 4) is 0 Å². The number of nitrogens with zero attached hydrogens (tertiary/aromatic N) is 1. The van der Waals surface area contributed by atoms with E-state index in [4.69, 9.17) is 0 Å². The molecule has 1 aromatic heterocycles. The predicted molar refractivity (Wildman–Crippen MR) is 84.1 cm³/mol. The van der Waals surface area contributed by atoms with Crippen LogP contribution < -0.4 is 15.2 Å². The van der Waals surface area contributed by atoms with Gasteiger partial charge in [0.2, 0.25) is 12.5 Å². The van der Waals surface area contributed by atoms with Crippen LogP contribution in [-0.4, -0.2) is 18.4 Å². The third kappa shape index (κ3) is 5.50. The molecule has 5 nitrogen and oxygen atoms in total. The summed E-state index contributed by atoms with van der Waals surface area (Å²) in [5, 5.41) is 5.12. The van der Waals surface area contributed by atoms with E-state index in [0.717, 1.165) is 6.42 Å². The fraction of sp³-hybridized carbons (Fsp3) is 0.235.